The van der Waals surface area contributed by atoms with Crippen molar-refractivity contribution in [1.29, 1.82) is 0 Å². The number of aromatic nitrogens is 1. The summed E-state index contributed by atoms with van der Waals surface area (Å²) in [6, 6.07) is 12.7. The van der Waals surface area contributed by atoms with Crippen molar-refractivity contribution in [3.63, 3.8) is 0 Å². The smallest absolute Gasteiger partial charge is 0.119 e. The maximum Gasteiger partial charge on any atom is 0.119 e. The van der Waals surface area contributed by atoms with E-state index >= 15 is 0 Å². The summed E-state index contributed by atoms with van der Waals surface area (Å²) in [5.74, 6) is 0.841. The monoisotopic (exact) mass is 411 g/mol. The molecule has 29 heavy (non-hydrogen) atoms. The van der Waals surface area contributed by atoms with Gasteiger partial charge in [0.15, 0.2) is 0 Å². The molecule has 3 aromatic rings. The lowest BCUT2D eigenvalue weighted by atomic mass is 9.94. The molecule has 5 heteroatoms. The quantitative estimate of drug-likeness (QED) is 0.475. The highest BCUT2D eigenvalue weighted by molar-refractivity contribution is 6.31. The van der Waals surface area contributed by atoms with Crippen LogP contribution in [-0.2, 0) is 0 Å². The Kier molecular flexibility index (Phi) is 6.41. The van der Waals surface area contributed by atoms with Crippen molar-refractivity contribution >= 4 is 39.1 Å². The van der Waals surface area contributed by atoms with Crippen LogP contribution in [0.2, 0.25) is 5.02 Å². The number of halogens is 1. The molecule has 1 aliphatic carbocycles. The van der Waals surface area contributed by atoms with E-state index in [0.29, 0.717) is 5.02 Å². The van der Waals surface area contributed by atoms with Crippen LogP contribution in [0.15, 0.2) is 36.4 Å². The average Bonchev–Trinajstić information content (AvgIpc) is 2.76. The molecule has 1 heterocycles. The first-order valence-corrected chi connectivity index (χ1v) is 11.1. The lowest BCUT2D eigenvalue weighted by Crippen LogP contribution is -2.39. The Bertz CT molecular complexity index is 985. The number of anilines is 1. The van der Waals surface area contributed by atoms with E-state index in [1.807, 2.05) is 24.3 Å². The van der Waals surface area contributed by atoms with Gasteiger partial charge in [-0.15, -0.1) is 0 Å². The molecule has 1 fully saturated rings. The fraction of sp³-hybridized carbons (Fsp3) is 0.458. The lowest BCUT2D eigenvalue weighted by molar-refractivity contribution is 0.169. The van der Waals surface area contributed by atoms with E-state index in [1.165, 1.54) is 32.1 Å². The largest absolute Gasteiger partial charge is 0.497 e. The molecule has 0 atom stereocenters. The zero-order chi connectivity index (χ0) is 20.2. The van der Waals surface area contributed by atoms with Crippen molar-refractivity contribution in [2.24, 2.45) is 0 Å². The molecule has 0 radical (unpaired) electrons. The van der Waals surface area contributed by atoms with E-state index in [2.05, 4.69) is 29.3 Å². The minimum atomic E-state index is 0.707. The van der Waals surface area contributed by atoms with Crippen LogP contribution in [0.1, 0.15) is 39.0 Å². The predicted octanol–water partition coefficient (Wildman–Crippen LogP) is 6.12. The first-order chi connectivity index (χ1) is 14.2. The first-order valence-electron chi connectivity index (χ1n) is 10.7. The standard InChI is InChI=1S/C24H30ClN3O/c1-3-28(18-7-5-4-6-8-18)14-13-26-24-20-11-9-17(25)15-23(20)27-22-12-10-19(29-2)16-21(22)24/h9-12,15-16,18H,3-8,13-14H2,1-2H3,(H,26,27). The van der Waals surface area contributed by atoms with Crippen LogP contribution in [0.5, 0.6) is 5.75 Å². The molecule has 1 aromatic heterocycles. The zero-order valence-corrected chi connectivity index (χ0v) is 18.1. The molecule has 0 spiro atoms. The Morgan fingerprint density at radius 2 is 1.90 bits per heavy atom. The third-order valence-electron chi connectivity index (χ3n) is 6.14. The number of ether oxygens (including phenoxy) is 1. The SMILES string of the molecule is CCN(CCNc1c2ccc(Cl)cc2nc2ccc(OC)cc12)C1CCCCC1. The van der Waals surface area contributed by atoms with E-state index in [4.69, 9.17) is 21.3 Å². The van der Waals surface area contributed by atoms with Gasteiger partial charge < -0.3 is 10.1 Å². The van der Waals surface area contributed by atoms with Crippen LogP contribution in [-0.4, -0.2) is 42.7 Å². The summed E-state index contributed by atoms with van der Waals surface area (Å²) in [7, 11) is 1.70. The third kappa shape index (κ3) is 4.44. The molecule has 0 aliphatic heterocycles. The number of pyridine rings is 1. The van der Waals surface area contributed by atoms with Crippen LogP contribution in [0.4, 0.5) is 5.69 Å². The van der Waals surface area contributed by atoms with E-state index in [-0.39, 0.29) is 0 Å². The van der Waals surface area contributed by atoms with Crippen LogP contribution in [0.3, 0.4) is 0 Å². The topological polar surface area (TPSA) is 37.4 Å². The summed E-state index contributed by atoms with van der Waals surface area (Å²) >= 11 is 6.23. The number of benzene rings is 2. The third-order valence-corrected chi connectivity index (χ3v) is 6.38. The van der Waals surface area contributed by atoms with Gasteiger partial charge in [0, 0.05) is 34.9 Å². The minimum Gasteiger partial charge on any atom is -0.497 e. The van der Waals surface area contributed by atoms with Gasteiger partial charge in [0.1, 0.15) is 5.75 Å². The number of nitrogens with one attached hydrogen (secondary N) is 1. The Morgan fingerprint density at radius 1 is 1.07 bits per heavy atom. The number of fused-ring (bicyclic) bond motifs is 2. The van der Waals surface area contributed by atoms with E-state index in [1.54, 1.807) is 7.11 Å². The molecule has 154 valence electrons. The van der Waals surface area contributed by atoms with Crippen LogP contribution >= 0.6 is 11.6 Å². The van der Waals surface area contributed by atoms with Crippen molar-refractivity contribution < 1.29 is 4.74 Å². The molecule has 1 aliphatic rings. The van der Waals surface area contributed by atoms with Gasteiger partial charge in [-0.3, -0.25) is 4.90 Å². The van der Waals surface area contributed by atoms with Crippen molar-refractivity contribution in [3.05, 3.63) is 41.4 Å². The number of hydrogen-bond acceptors (Lipinski definition) is 4. The van der Waals surface area contributed by atoms with Crippen LogP contribution in [0.25, 0.3) is 21.8 Å². The summed E-state index contributed by atoms with van der Waals surface area (Å²) in [6.07, 6.45) is 6.81. The van der Waals surface area contributed by atoms with Gasteiger partial charge in [-0.05, 0) is 55.8 Å². The van der Waals surface area contributed by atoms with Crippen LogP contribution < -0.4 is 10.1 Å². The maximum absolute atomic E-state index is 6.23. The van der Waals surface area contributed by atoms with Gasteiger partial charge in [-0.1, -0.05) is 37.8 Å². The molecule has 0 saturated heterocycles. The second kappa shape index (κ2) is 9.19. The Morgan fingerprint density at radius 3 is 2.66 bits per heavy atom. The summed E-state index contributed by atoms with van der Waals surface area (Å²) in [5.41, 5.74) is 2.97. The second-order valence-corrected chi connectivity index (χ2v) is 8.31. The minimum absolute atomic E-state index is 0.707. The average molecular weight is 412 g/mol. The molecular formula is C24H30ClN3O. The molecule has 1 N–H and O–H groups in total. The molecule has 0 unspecified atom stereocenters. The van der Waals surface area contributed by atoms with Crippen molar-refractivity contribution in [2.75, 3.05) is 32.1 Å². The van der Waals surface area contributed by atoms with Gasteiger partial charge in [0.05, 0.1) is 23.8 Å². The van der Waals surface area contributed by atoms with Crippen molar-refractivity contribution in [1.82, 2.24) is 9.88 Å². The van der Waals surface area contributed by atoms with Crippen LogP contribution in [0, 0.1) is 0 Å². The fourth-order valence-corrected chi connectivity index (χ4v) is 4.75. The van der Waals surface area contributed by atoms with Crippen molar-refractivity contribution in [2.45, 2.75) is 45.1 Å². The van der Waals surface area contributed by atoms with Crippen molar-refractivity contribution in [3.8, 4) is 5.75 Å². The highest BCUT2D eigenvalue weighted by Crippen LogP contribution is 2.34. The lowest BCUT2D eigenvalue weighted by Gasteiger charge is -2.33. The normalized spacial score (nSPS) is 15.3. The molecular weight excluding hydrogens is 382 g/mol. The van der Waals surface area contributed by atoms with E-state index < -0.39 is 0 Å². The summed E-state index contributed by atoms with van der Waals surface area (Å²) in [5, 5.41) is 6.61. The molecule has 2 aromatic carbocycles. The number of likely N-dealkylation sites (N-methyl/N-ethyl adjacent to an activating group) is 1. The van der Waals surface area contributed by atoms with Gasteiger partial charge in [-0.2, -0.15) is 0 Å². The van der Waals surface area contributed by atoms with Gasteiger partial charge in [0.2, 0.25) is 0 Å². The molecule has 4 rings (SSSR count). The summed E-state index contributed by atoms with van der Waals surface area (Å²) in [4.78, 5) is 7.45. The Labute approximate surface area is 178 Å². The number of rotatable bonds is 7. The van der Waals surface area contributed by atoms with Gasteiger partial charge >= 0.3 is 0 Å². The molecule has 0 amide bonds. The van der Waals surface area contributed by atoms with Gasteiger partial charge in [0.25, 0.3) is 0 Å². The number of nitrogens with zero attached hydrogens (tertiary/aromatic N) is 2. The Balaban J connectivity index is 1.63. The van der Waals surface area contributed by atoms with E-state index in [9.17, 15) is 0 Å². The predicted molar refractivity (Wildman–Crippen MR) is 123 cm³/mol. The molecule has 0 bridgehead atoms. The number of methoxy groups -OCH3 is 1. The number of hydrogen-bond donors (Lipinski definition) is 1. The first kappa shape index (κ1) is 20.2. The Hall–Kier alpha value is -2.04. The zero-order valence-electron chi connectivity index (χ0n) is 17.4. The van der Waals surface area contributed by atoms with Gasteiger partial charge in [-0.25, -0.2) is 4.98 Å². The van der Waals surface area contributed by atoms with E-state index in [0.717, 1.165) is 58.9 Å². The summed E-state index contributed by atoms with van der Waals surface area (Å²) in [6.45, 7) is 5.33. The summed E-state index contributed by atoms with van der Waals surface area (Å²) < 4.78 is 5.46. The molecule has 4 nitrogen and oxygen atoms in total. The molecule has 1 saturated carbocycles. The highest BCUT2D eigenvalue weighted by Gasteiger charge is 2.19. The fourth-order valence-electron chi connectivity index (χ4n) is 4.58. The second-order valence-electron chi connectivity index (χ2n) is 7.88. The maximum atomic E-state index is 6.23. The highest BCUT2D eigenvalue weighted by atomic mass is 35.5.